The maximum atomic E-state index is 13.6. The summed E-state index contributed by atoms with van der Waals surface area (Å²) in [6.07, 6.45) is 0. The van der Waals surface area contributed by atoms with Crippen LogP contribution in [0.25, 0.3) is 0 Å². The molecule has 7 nitrogen and oxygen atoms in total. The number of urea groups is 1. The monoisotopic (exact) mass is 295 g/mol. The largest absolute Gasteiger partial charge is 0.480 e. The summed E-state index contributed by atoms with van der Waals surface area (Å²) in [5, 5.41) is 13.7. The molecule has 1 aliphatic rings. The van der Waals surface area contributed by atoms with E-state index >= 15 is 0 Å². The Labute approximate surface area is 119 Å². The highest BCUT2D eigenvalue weighted by Crippen LogP contribution is 2.17. The lowest BCUT2D eigenvalue weighted by atomic mass is 10.2. The number of nitrogens with zero attached hydrogens (tertiary/aromatic N) is 1. The Kier molecular flexibility index (Phi) is 4.06. The fourth-order valence-electron chi connectivity index (χ4n) is 2.00. The fraction of sp³-hybridized carbons (Fsp3) is 0.308. The second kappa shape index (κ2) is 5.78. The predicted octanol–water partition coefficient (Wildman–Crippen LogP) is 0.551. The summed E-state index contributed by atoms with van der Waals surface area (Å²) in [5.74, 6) is -2.34. The van der Waals surface area contributed by atoms with Gasteiger partial charge in [0.25, 0.3) is 0 Å². The molecule has 2 rings (SSSR count). The molecule has 3 N–H and O–H groups in total. The van der Waals surface area contributed by atoms with Crippen molar-refractivity contribution in [3.05, 3.63) is 29.6 Å². The highest BCUT2D eigenvalue weighted by atomic mass is 19.1. The summed E-state index contributed by atoms with van der Waals surface area (Å²) in [6.45, 7) is 1.15. The molecule has 0 aliphatic carbocycles. The van der Waals surface area contributed by atoms with Gasteiger partial charge < -0.3 is 15.7 Å². The highest BCUT2D eigenvalue weighted by Gasteiger charge is 2.35. The maximum Gasteiger partial charge on any atom is 0.328 e. The molecule has 0 spiro atoms. The van der Waals surface area contributed by atoms with Gasteiger partial charge in [0.1, 0.15) is 18.4 Å². The first-order chi connectivity index (χ1) is 9.88. The first-order valence-electron chi connectivity index (χ1n) is 6.22. The zero-order valence-electron chi connectivity index (χ0n) is 11.2. The average molecular weight is 295 g/mol. The molecule has 1 fully saturated rings. The van der Waals surface area contributed by atoms with Crippen molar-refractivity contribution in [3.63, 3.8) is 0 Å². The van der Waals surface area contributed by atoms with Crippen LogP contribution in [0.3, 0.4) is 0 Å². The van der Waals surface area contributed by atoms with Crippen LogP contribution >= 0.6 is 0 Å². The van der Waals surface area contributed by atoms with E-state index in [4.69, 9.17) is 5.11 Å². The Bertz CT molecular complexity index is 605. The number of carbonyl (C=O) groups excluding carboxylic acids is 2. The standard InChI is InChI=1S/C13H14FN3O4/c1-7-2-3-8(14)9(4-7)16-13(21)17-6-11(18)15-5-10(17)12(19)20/h2-4,10H,5-6H2,1H3,(H,15,18)(H,16,21)(H,19,20). The average Bonchev–Trinajstić information content (AvgIpc) is 2.42. The minimum Gasteiger partial charge on any atom is -0.480 e. The SMILES string of the molecule is Cc1ccc(F)c(NC(=O)N2CC(=O)NCC2C(=O)O)c1. The highest BCUT2D eigenvalue weighted by molar-refractivity contribution is 5.96. The van der Waals surface area contributed by atoms with Gasteiger partial charge in [-0.25, -0.2) is 14.0 Å². The Hall–Kier alpha value is -2.64. The molecule has 0 radical (unpaired) electrons. The zero-order chi connectivity index (χ0) is 15.6. The van der Waals surface area contributed by atoms with E-state index in [1.165, 1.54) is 12.1 Å². The molecule has 0 aromatic heterocycles. The van der Waals surface area contributed by atoms with Crippen LogP contribution in [0.5, 0.6) is 0 Å². The molecule has 1 saturated heterocycles. The van der Waals surface area contributed by atoms with Crippen molar-refractivity contribution < 1.29 is 23.9 Å². The lowest BCUT2D eigenvalue weighted by Gasteiger charge is -2.32. The second-order valence-corrected chi connectivity index (χ2v) is 4.70. The van der Waals surface area contributed by atoms with Crippen LogP contribution in [0.2, 0.25) is 0 Å². The third kappa shape index (κ3) is 3.28. The number of aliphatic carboxylic acids is 1. The number of aryl methyl sites for hydroxylation is 1. The maximum absolute atomic E-state index is 13.6. The summed E-state index contributed by atoms with van der Waals surface area (Å²) in [6, 6.07) is 2.15. The van der Waals surface area contributed by atoms with Crippen molar-refractivity contribution in [2.24, 2.45) is 0 Å². The number of halogens is 1. The molecule has 1 unspecified atom stereocenters. The molecule has 112 valence electrons. The van der Waals surface area contributed by atoms with Crippen molar-refractivity contribution >= 4 is 23.6 Å². The van der Waals surface area contributed by atoms with Crippen molar-refractivity contribution in [2.75, 3.05) is 18.4 Å². The van der Waals surface area contributed by atoms with Crippen molar-refractivity contribution in [2.45, 2.75) is 13.0 Å². The van der Waals surface area contributed by atoms with Gasteiger partial charge in [0.15, 0.2) is 0 Å². The van der Waals surface area contributed by atoms with Crippen molar-refractivity contribution in [1.82, 2.24) is 10.2 Å². The van der Waals surface area contributed by atoms with Crippen LogP contribution in [-0.2, 0) is 9.59 Å². The normalized spacial score (nSPS) is 18.1. The van der Waals surface area contributed by atoms with Crippen LogP contribution < -0.4 is 10.6 Å². The molecule has 0 bridgehead atoms. The lowest BCUT2D eigenvalue weighted by molar-refractivity contribution is -0.144. The zero-order valence-corrected chi connectivity index (χ0v) is 11.2. The number of rotatable bonds is 2. The van der Waals surface area contributed by atoms with Crippen molar-refractivity contribution in [1.29, 1.82) is 0 Å². The van der Waals surface area contributed by atoms with E-state index in [0.717, 1.165) is 10.5 Å². The number of carboxylic acid groups (broad SMARTS) is 1. The summed E-state index contributed by atoms with van der Waals surface area (Å²) in [5.41, 5.74) is 0.674. The smallest absolute Gasteiger partial charge is 0.328 e. The van der Waals surface area contributed by atoms with Gasteiger partial charge in [-0.2, -0.15) is 0 Å². The van der Waals surface area contributed by atoms with Crippen LogP contribution in [0.4, 0.5) is 14.9 Å². The van der Waals surface area contributed by atoms with E-state index in [1.807, 2.05) is 0 Å². The van der Waals surface area contributed by atoms with E-state index in [1.54, 1.807) is 13.0 Å². The molecule has 1 aromatic rings. The van der Waals surface area contributed by atoms with E-state index in [-0.39, 0.29) is 12.2 Å². The van der Waals surface area contributed by atoms with Gasteiger partial charge >= 0.3 is 12.0 Å². The summed E-state index contributed by atoms with van der Waals surface area (Å²) >= 11 is 0. The topological polar surface area (TPSA) is 98.7 Å². The number of anilines is 1. The van der Waals surface area contributed by atoms with E-state index < -0.39 is 36.3 Å². The number of benzene rings is 1. The number of nitrogens with one attached hydrogen (secondary N) is 2. The number of carboxylic acids is 1. The van der Waals surface area contributed by atoms with Gasteiger partial charge in [-0.15, -0.1) is 0 Å². The van der Waals surface area contributed by atoms with Crippen LogP contribution in [0.15, 0.2) is 18.2 Å². The Morgan fingerprint density at radius 3 is 2.86 bits per heavy atom. The first kappa shape index (κ1) is 14.8. The summed E-state index contributed by atoms with van der Waals surface area (Å²) in [7, 11) is 0. The van der Waals surface area contributed by atoms with Crippen LogP contribution in [-0.4, -0.2) is 47.0 Å². The number of carbonyl (C=O) groups is 3. The van der Waals surface area contributed by atoms with E-state index in [0.29, 0.717) is 0 Å². The van der Waals surface area contributed by atoms with E-state index in [9.17, 15) is 18.8 Å². The molecule has 1 heterocycles. The number of amides is 3. The minimum absolute atomic E-state index is 0.0601. The summed E-state index contributed by atoms with van der Waals surface area (Å²) < 4.78 is 13.6. The van der Waals surface area contributed by atoms with Crippen molar-refractivity contribution in [3.8, 4) is 0 Å². The molecule has 8 heteroatoms. The second-order valence-electron chi connectivity index (χ2n) is 4.70. The van der Waals surface area contributed by atoms with E-state index in [2.05, 4.69) is 10.6 Å². The molecule has 3 amide bonds. The number of hydrogen-bond acceptors (Lipinski definition) is 3. The quantitative estimate of drug-likeness (QED) is 0.742. The first-order valence-corrected chi connectivity index (χ1v) is 6.22. The van der Waals surface area contributed by atoms with Gasteiger partial charge in [-0.05, 0) is 24.6 Å². The molecule has 1 aromatic carbocycles. The Balaban J connectivity index is 2.19. The molecule has 1 aliphatic heterocycles. The minimum atomic E-state index is -1.24. The molecular weight excluding hydrogens is 281 g/mol. The number of hydrogen-bond donors (Lipinski definition) is 3. The van der Waals surface area contributed by atoms with Gasteiger partial charge in [0, 0.05) is 6.54 Å². The summed E-state index contributed by atoms with van der Waals surface area (Å²) in [4.78, 5) is 35.4. The molecule has 1 atom stereocenters. The van der Waals surface area contributed by atoms with Crippen LogP contribution in [0, 0.1) is 12.7 Å². The Morgan fingerprint density at radius 2 is 2.19 bits per heavy atom. The molecule has 0 saturated carbocycles. The van der Waals surface area contributed by atoms with Gasteiger partial charge in [-0.1, -0.05) is 6.07 Å². The van der Waals surface area contributed by atoms with Gasteiger partial charge in [-0.3, -0.25) is 9.69 Å². The third-order valence-corrected chi connectivity index (χ3v) is 3.09. The molecule has 21 heavy (non-hydrogen) atoms. The van der Waals surface area contributed by atoms with Gasteiger partial charge in [0.05, 0.1) is 5.69 Å². The number of piperazine rings is 1. The lowest BCUT2D eigenvalue weighted by Crippen LogP contribution is -2.60. The Morgan fingerprint density at radius 1 is 1.48 bits per heavy atom. The van der Waals surface area contributed by atoms with Crippen LogP contribution in [0.1, 0.15) is 5.56 Å². The molecular formula is C13H14FN3O4. The fourth-order valence-corrected chi connectivity index (χ4v) is 2.00. The third-order valence-electron chi connectivity index (χ3n) is 3.09. The predicted molar refractivity (Wildman–Crippen MR) is 71.3 cm³/mol. The van der Waals surface area contributed by atoms with Gasteiger partial charge in [0.2, 0.25) is 5.91 Å².